The van der Waals surface area contributed by atoms with Gasteiger partial charge in [0.15, 0.2) is 0 Å². The number of amidine groups is 1. The molecule has 1 heterocycles. The lowest BCUT2D eigenvalue weighted by atomic mass is 10.1. The summed E-state index contributed by atoms with van der Waals surface area (Å²) in [6, 6.07) is 0. The van der Waals surface area contributed by atoms with E-state index in [0.29, 0.717) is 0 Å². The third kappa shape index (κ3) is 8.41. The molecule has 1 rings (SSSR count). The Kier molecular flexibility index (Phi) is 10.0. The van der Waals surface area contributed by atoms with Crippen LogP contribution in [0.1, 0.15) is 33.1 Å². The maximum atomic E-state index is 7.31. The highest BCUT2D eigenvalue weighted by Gasteiger charge is 2.08. The summed E-state index contributed by atoms with van der Waals surface area (Å²) in [7, 11) is 0. The Balaban J connectivity index is 0.000000293. The number of likely N-dealkylation sites (tertiary alicyclic amines) is 1. The fourth-order valence-electron chi connectivity index (χ4n) is 1.56. The highest BCUT2D eigenvalue weighted by Crippen LogP contribution is 2.07. The van der Waals surface area contributed by atoms with Gasteiger partial charge in [0, 0.05) is 19.6 Å². The van der Waals surface area contributed by atoms with Crippen LogP contribution in [0.15, 0.2) is 4.99 Å². The van der Waals surface area contributed by atoms with Crippen LogP contribution in [0.5, 0.6) is 0 Å². The second-order valence-electron chi connectivity index (χ2n) is 3.93. The van der Waals surface area contributed by atoms with Crippen LogP contribution < -0.4 is 5.32 Å². The molecule has 0 unspecified atom stereocenters. The SMILES string of the molecule is C=NCCNCC.CC(=N)N1CCCCC1. The van der Waals surface area contributed by atoms with Crippen molar-refractivity contribution in [3.05, 3.63) is 0 Å². The molecule has 2 N–H and O–H groups in total. The highest BCUT2D eigenvalue weighted by atomic mass is 15.2. The minimum Gasteiger partial charge on any atom is -0.361 e. The number of nitrogens with one attached hydrogen (secondary N) is 2. The van der Waals surface area contributed by atoms with Crippen molar-refractivity contribution in [3.8, 4) is 0 Å². The van der Waals surface area contributed by atoms with Gasteiger partial charge in [0.05, 0.1) is 12.4 Å². The number of piperidine rings is 1. The monoisotopic (exact) mass is 226 g/mol. The third-order valence-electron chi connectivity index (χ3n) is 2.53. The first-order valence-corrected chi connectivity index (χ1v) is 6.15. The lowest BCUT2D eigenvalue weighted by Gasteiger charge is -2.27. The summed E-state index contributed by atoms with van der Waals surface area (Å²) in [5.74, 6) is 0.731. The molecule has 0 saturated carbocycles. The van der Waals surface area contributed by atoms with Crippen LogP contribution >= 0.6 is 0 Å². The molecule has 4 nitrogen and oxygen atoms in total. The molecule has 0 aliphatic carbocycles. The van der Waals surface area contributed by atoms with E-state index in [1.807, 2.05) is 6.92 Å². The van der Waals surface area contributed by atoms with E-state index in [2.05, 4.69) is 28.9 Å². The van der Waals surface area contributed by atoms with E-state index in [1.165, 1.54) is 19.3 Å². The van der Waals surface area contributed by atoms with E-state index < -0.39 is 0 Å². The van der Waals surface area contributed by atoms with Gasteiger partial charge < -0.3 is 10.2 Å². The van der Waals surface area contributed by atoms with Gasteiger partial charge in [0.1, 0.15) is 0 Å². The minimum absolute atomic E-state index is 0.731. The number of rotatable bonds is 4. The molecule has 0 spiro atoms. The number of hydrogen-bond acceptors (Lipinski definition) is 3. The van der Waals surface area contributed by atoms with Crippen molar-refractivity contribution in [2.75, 3.05) is 32.7 Å². The molecule has 0 radical (unpaired) electrons. The fourth-order valence-corrected chi connectivity index (χ4v) is 1.56. The Bertz CT molecular complexity index is 185. The van der Waals surface area contributed by atoms with Gasteiger partial charge >= 0.3 is 0 Å². The molecule has 1 aliphatic heterocycles. The van der Waals surface area contributed by atoms with Crippen LogP contribution in [0.2, 0.25) is 0 Å². The molecule has 0 aromatic carbocycles. The average molecular weight is 226 g/mol. The van der Waals surface area contributed by atoms with Gasteiger partial charge in [-0.15, -0.1) is 0 Å². The molecule has 0 aromatic rings. The quantitative estimate of drug-likeness (QED) is 0.436. The zero-order valence-electron chi connectivity index (χ0n) is 10.8. The van der Waals surface area contributed by atoms with Gasteiger partial charge in [-0.25, -0.2) is 0 Å². The van der Waals surface area contributed by atoms with E-state index in [1.54, 1.807) is 0 Å². The maximum absolute atomic E-state index is 7.31. The number of hydrogen-bond donors (Lipinski definition) is 2. The molecule has 1 aliphatic rings. The van der Waals surface area contributed by atoms with Gasteiger partial charge in [-0.3, -0.25) is 10.4 Å². The Labute approximate surface area is 99.6 Å². The van der Waals surface area contributed by atoms with E-state index in [9.17, 15) is 0 Å². The first-order valence-electron chi connectivity index (χ1n) is 6.15. The smallest absolute Gasteiger partial charge is 0.0925 e. The van der Waals surface area contributed by atoms with Gasteiger partial charge in [-0.1, -0.05) is 6.92 Å². The first kappa shape index (κ1) is 15.1. The molecule has 0 bridgehead atoms. The molecule has 0 amide bonds. The molecule has 16 heavy (non-hydrogen) atoms. The summed E-state index contributed by atoms with van der Waals surface area (Å²) >= 11 is 0. The Morgan fingerprint density at radius 1 is 1.38 bits per heavy atom. The van der Waals surface area contributed by atoms with Gasteiger partial charge in [-0.05, 0) is 39.4 Å². The largest absolute Gasteiger partial charge is 0.361 e. The molecule has 0 atom stereocenters. The van der Waals surface area contributed by atoms with Crippen LogP contribution in [0.3, 0.4) is 0 Å². The molecule has 1 saturated heterocycles. The first-order chi connectivity index (χ1) is 7.72. The molecular formula is C12H26N4. The van der Waals surface area contributed by atoms with E-state index in [0.717, 1.165) is 38.6 Å². The van der Waals surface area contributed by atoms with Crippen molar-refractivity contribution in [2.45, 2.75) is 33.1 Å². The summed E-state index contributed by atoms with van der Waals surface area (Å²) in [4.78, 5) is 5.80. The van der Waals surface area contributed by atoms with E-state index >= 15 is 0 Å². The summed E-state index contributed by atoms with van der Waals surface area (Å²) < 4.78 is 0. The Morgan fingerprint density at radius 2 is 2.00 bits per heavy atom. The van der Waals surface area contributed by atoms with Crippen LogP contribution in [0, 0.1) is 5.41 Å². The fraction of sp³-hybridized carbons (Fsp3) is 0.833. The maximum Gasteiger partial charge on any atom is 0.0925 e. The summed E-state index contributed by atoms with van der Waals surface area (Å²) in [5.41, 5.74) is 0. The van der Waals surface area contributed by atoms with Gasteiger partial charge in [0.25, 0.3) is 0 Å². The Hall–Kier alpha value is -0.900. The zero-order valence-corrected chi connectivity index (χ0v) is 10.8. The summed E-state index contributed by atoms with van der Waals surface area (Å²) in [5, 5.41) is 10.4. The topological polar surface area (TPSA) is 51.5 Å². The van der Waals surface area contributed by atoms with Crippen molar-refractivity contribution in [3.63, 3.8) is 0 Å². The molecular weight excluding hydrogens is 200 g/mol. The number of likely N-dealkylation sites (N-methyl/N-ethyl adjacent to an activating group) is 1. The number of nitrogens with zero attached hydrogens (tertiary/aromatic N) is 2. The van der Waals surface area contributed by atoms with Crippen molar-refractivity contribution in [2.24, 2.45) is 4.99 Å². The summed E-state index contributed by atoms with van der Waals surface area (Å²) in [6.07, 6.45) is 3.90. The second-order valence-corrected chi connectivity index (χ2v) is 3.93. The minimum atomic E-state index is 0.731. The molecule has 0 aromatic heterocycles. The van der Waals surface area contributed by atoms with Crippen LogP contribution in [0.4, 0.5) is 0 Å². The van der Waals surface area contributed by atoms with Crippen LogP contribution in [-0.4, -0.2) is 50.2 Å². The second kappa shape index (κ2) is 10.6. The van der Waals surface area contributed by atoms with Crippen LogP contribution in [0.25, 0.3) is 0 Å². The third-order valence-corrected chi connectivity index (χ3v) is 2.53. The Morgan fingerprint density at radius 3 is 2.38 bits per heavy atom. The zero-order chi connectivity index (χ0) is 12.2. The summed E-state index contributed by atoms with van der Waals surface area (Å²) in [6.45, 7) is 12.3. The predicted molar refractivity (Wildman–Crippen MR) is 71.8 cm³/mol. The van der Waals surface area contributed by atoms with E-state index in [4.69, 9.17) is 5.41 Å². The van der Waals surface area contributed by atoms with Crippen molar-refractivity contribution >= 4 is 12.6 Å². The van der Waals surface area contributed by atoms with Gasteiger partial charge in [0.2, 0.25) is 0 Å². The van der Waals surface area contributed by atoms with Crippen molar-refractivity contribution in [1.82, 2.24) is 10.2 Å². The lowest BCUT2D eigenvalue weighted by Crippen LogP contribution is -2.33. The predicted octanol–water partition coefficient (Wildman–Crippen LogP) is 1.77. The number of aliphatic imine (C=N–C) groups is 1. The normalized spacial score (nSPS) is 15.0. The van der Waals surface area contributed by atoms with Crippen molar-refractivity contribution in [1.29, 1.82) is 5.41 Å². The van der Waals surface area contributed by atoms with E-state index in [-0.39, 0.29) is 0 Å². The van der Waals surface area contributed by atoms with Crippen LogP contribution in [-0.2, 0) is 0 Å². The average Bonchev–Trinajstić information content (AvgIpc) is 2.32. The highest BCUT2D eigenvalue weighted by molar-refractivity contribution is 5.76. The molecule has 4 heteroatoms. The molecule has 94 valence electrons. The van der Waals surface area contributed by atoms with Crippen molar-refractivity contribution < 1.29 is 0 Å². The van der Waals surface area contributed by atoms with Gasteiger partial charge in [-0.2, -0.15) is 0 Å². The lowest BCUT2D eigenvalue weighted by molar-refractivity contribution is 0.339. The standard InChI is InChI=1S/C7H14N2.C5H12N2/c1-7(8)9-5-3-2-4-6-9;1-3-7-5-4-6-2/h8H,2-6H2,1H3;7H,2-5H2,1H3. The molecule has 1 fully saturated rings.